The number of fused-ring (bicyclic) bond motifs is 2. The molecule has 1 heteroatoms. The molecule has 0 radical (unpaired) electrons. The molecule has 68 valence electrons. The molecule has 3 aliphatic rings. The van der Waals surface area contributed by atoms with Gasteiger partial charge in [-0.2, -0.15) is 0 Å². The molecule has 1 saturated carbocycles. The molecule has 0 N–H and O–H groups in total. The summed E-state index contributed by atoms with van der Waals surface area (Å²) in [4.78, 5) is 2.76. The zero-order chi connectivity index (χ0) is 8.13. The van der Waals surface area contributed by atoms with E-state index in [1.165, 1.54) is 38.8 Å². The van der Waals surface area contributed by atoms with Crippen molar-refractivity contribution in [3.63, 3.8) is 0 Å². The molecule has 3 rings (SSSR count). The minimum Gasteiger partial charge on any atom is -0.300 e. The Morgan fingerprint density at radius 3 is 3.00 bits per heavy atom. The third-order valence-electron chi connectivity index (χ3n) is 4.52. The standard InChI is InChI=1S/C11H19N/c1-8-5-9-7-12-4-2-3-10(12)6-11(8)9/h8-11H,2-7H2,1H3/t8?,9?,10?,11-/m0/s1. The molecule has 2 heterocycles. The summed E-state index contributed by atoms with van der Waals surface area (Å²) in [6.07, 6.45) is 6.02. The predicted molar refractivity (Wildman–Crippen MR) is 50.0 cm³/mol. The van der Waals surface area contributed by atoms with Crippen LogP contribution in [0.15, 0.2) is 0 Å². The molecular formula is C11H19N. The van der Waals surface area contributed by atoms with E-state index in [2.05, 4.69) is 11.8 Å². The first kappa shape index (κ1) is 7.37. The predicted octanol–water partition coefficient (Wildman–Crippen LogP) is 2.13. The Morgan fingerprint density at radius 1 is 1.25 bits per heavy atom. The van der Waals surface area contributed by atoms with Crippen molar-refractivity contribution in [2.45, 2.75) is 38.6 Å². The Labute approximate surface area is 75.1 Å². The lowest BCUT2D eigenvalue weighted by molar-refractivity contribution is -0.0205. The third-order valence-corrected chi connectivity index (χ3v) is 4.52. The molecule has 4 atom stereocenters. The summed E-state index contributed by atoms with van der Waals surface area (Å²) in [6.45, 7) is 5.30. The van der Waals surface area contributed by atoms with Gasteiger partial charge in [0.05, 0.1) is 0 Å². The van der Waals surface area contributed by atoms with Crippen molar-refractivity contribution in [2.75, 3.05) is 13.1 Å². The van der Waals surface area contributed by atoms with Crippen molar-refractivity contribution in [3.05, 3.63) is 0 Å². The smallest absolute Gasteiger partial charge is 0.00986 e. The van der Waals surface area contributed by atoms with Crippen LogP contribution in [0.5, 0.6) is 0 Å². The first-order chi connectivity index (χ1) is 5.84. The van der Waals surface area contributed by atoms with Gasteiger partial charge in [-0.25, -0.2) is 0 Å². The fourth-order valence-electron chi connectivity index (χ4n) is 3.75. The molecular weight excluding hydrogens is 146 g/mol. The number of hydrogen-bond acceptors (Lipinski definition) is 1. The summed E-state index contributed by atoms with van der Waals surface area (Å²) in [5, 5.41) is 0. The summed E-state index contributed by atoms with van der Waals surface area (Å²) in [5.41, 5.74) is 0. The first-order valence-electron chi connectivity index (χ1n) is 5.58. The van der Waals surface area contributed by atoms with Gasteiger partial charge in [0, 0.05) is 12.6 Å². The third kappa shape index (κ3) is 0.891. The summed E-state index contributed by atoms with van der Waals surface area (Å²) in [7, 11) is 0. The maximum Gasteiger partial charge on any atom is 0.00986 e. The Bertz CT molecular complexity index is 189. The van der Waals surface area contributed by atoms with Gasteiger partial charge in [-0.15, -0.1) is 0 Å². The Kier molecular flexibility index (Phi) is 1.52. The molecule has 2 aliphatic heterocycles. The van der Waals surface area contributed by atoms with E-state index < -0.39 is 0 Å². The van der Waals surface area contributed by atoms with E-state index in [0.717, 1.165) is 23.8 Å². The van der Waals surface area contributed by atoms with Gasteiger partial charge >= 0.3 is 0 Å². The van der Waals surface area contributed by atoms with Crippen molar-refractivity contribution in [3.8, 4) is 0 Å². The monoisotopic (exact) mass is 165 g/mol. The molecule has 12 heavy (non-hydrogen) atoms. The maximum atomic E-state index is 2.76. The van der Waals surface area contributed by atoms with E-state index in [1.54, 1.807) is 0 Å². The van der Waals surface area contributed by atoms with Crippen molar-refractivity contribution in [1.82, 2.24) is 4.90 Å². The second kappa shape index (κ2) is 2.47. The second-order valence-electron chi connectivity index (χ2n) is 5.16. The topological polar surface area (TPSA) is 3.24 Å². The van der Waals surface area contributed by atoms with Crippen molar-refractivity contribution >= 4 is 0 Å². The molecule has 0 aromatic heterocycles. The minimum absolute atomic E-state index is 0.994. The normalized spacial score (nSPS) is 52.8. The van der Waals surface area contributed by atoms with Gasteiger partial charge < -0.3 is 4.90 Å². The minimum atomic E-state index is 0.994. The largest absolute Gasteiger partial charge is 0.300 e. The van der Waals surface area contributed by atoms with E-state index in [0.29, 0.717) is 0 Å². The number of hydrogen-bond donors (Lipinski definition) is 0. The highest BCUT2D eigenvalue weighted by atomic mass is 15.2. The average molecular weight is 165 g/mol. The van der Waals surface area contributed by atoms with E-state index in [-0.39, 0.29) is 0 Å². The lowest BCUT2D eigenvalue weighted by Gasteiger charge is -2.51. The molecule has 1 aliphatic carbocycles. The van der Waals surface area contributed by atoms with Crippen LogP contribution < -0.4 is 0 Å². The fraction of sp³-hybridized carbons (Fsp3) is 1.00. The summed E-state index contributed by atoms with van der Waals surface area (Å²) in [5.74, 6) is 3.26. The molecule has 2 saturated heterocycles. The molecule has 1 nitrogen and oxygen atoms in total. The number of rotatable bonds is 0. The van der Waals surface area contributed by atoms with Crippen LogP contribution in [0.1, 0.15) is 32.6 Å². The van der Waals surface area contributed by atoms with Crippen LogP contribution in [0.2, 0.25) is 0 Å². The lowest BCUT2D eigenvalue weighted by atomic mass is 9.61. The van der Waals surface area contributed by atoms with Crippen LogP contribution in [0.25, 0.3) is 0 Å². The van der Waals surface area contributed by atoms with Gasteiger partial charge in [-0.1, -0.05) is 6.92 Å². The van der Waals surface area contributed by atoms with Crippen LogP contribution in [-0.4, -0.2) is 24.0 Å². The summed E-state index contributed by atoms with van der Waals surface area (Å²) >= 11 is 0. The van der Waals surface area contributed by atoms with Gasteiger partial charge in [0.2, 0.25) is 0 Å². The molecule has 0 aromatic rings. The van der Waals surface area contributed by atoms with Gasteiger partial charge in [-0.3, -0.25) is 0 Å². The lowest BCUT2D eigenvalue weighted by Crippen LogP contribution is -2.51. The van der Waals surface area contributed by atoms with Crippen molar-refractivity contribution in [2.24, 2.45) is 17.8 Å². The Balaban J connectivity index is 1.73. The zero-order valence-corrected chi connectivity index (χ0v) is 8.00. The summed E-state index contributed by atoms with van der Waals surface area (Å²) in [6, 6.07) is 0.994. The van der Waals surface area contributed by atoms with Gasteiger partial charge in [0.1, 0.15) is 0 Å². The average Bonchev–Trinajstić information content (AvgIpc) is 2.49. The van der Waals surface area contributed by atoms with Crippen molar-refractivity contribution < 1.29 is 0 Å². The second-order valence-corrected chi connectivity index (χ2v) is 5.16. The molecule has 0 spiro atoms. The van der Waals surface area contributed by atoms with E-state index in [9.17, 15) is 0 Å². The first-order valence-corrected chi connectivity index (χ1v) is 5.58. The van der Waals surface area contributed by atoms with Crippen LogP contribution >= 0.6 is 0 Å². The highest BCUT2D eigenvalue weighted by Gasteiger charge is 2.45. The zero-order valence-electron chi connectivity index (χ0n) is 8.00. The molecule has 0 aromatic carbocycles. The van der Waals surface area contributed by atoms with Crippen LogP contribution in [-0.2, 0) is 0 Å². The Morgan fingerprint density at radius 2 is 2.17 bits per heavy atom. The van der Waals surface area contributed by atoms with Gasteiger partial charge in [0.15, 0.2) is 0 Å². The van der Waals surface area contributed by atoms with E-state index >= 15 is 0 Å². The number of piperidine rings is 1. The maximum absolute atomic E-state index is 2.76. The van der Waals surface area contributed by atoms with Crippen molar-refractivity contribution in [1.29, 1.82) is 0 Å². The molecule has 3 fully saturated rings. The molecule has 3 unspecified atom stereocenters. The van der Waals surface area contributed by atoms with Crippen LogP contribution in [0, 0.1) is 17.8 Å². The number of nitrogens with zero attached hydrogens (tertiary/aromatic N) is 1. The highest BCUT2D eigenvalue weighted by molar-refractivity contribution is 4.98. The van der Waals surface area contributed by atoms with E-state index in [4.69, 9.17) is 0 Å². The van der Waals surface area contributed by atoms with Crippen LogP contribution in [0.3, 0.4) is 0 Å². The van der Waals surface area contributed by atoms with Gasteiger partial charge in [-0.05, 0) is 50.0 Å². The van der Waals surface area contributed by atoms with E-state index in [1.807, 2.05) is 0 Å². The fourth-order valence-corrected chi connectivity index (χ4v) is 3.75. The summed E-state index contributed by atoms with van der Waals surface area (Å²) < 4.78 is 0. The quantitative estimate of drug-likeness (QED) is 0.531. The SMILES string of the molecule is CC1CC2CN3CCCC3C[C@@H]12. The van der Waals surface area contributed by atoms with Crippen LogP contribution in [0.4, 0.5) is 0 Å². The van der Waals surface area contributed by atoms with Gasteiger partial charge in [0.25, 0.3) is 0 Å². The Hall–Kier alpha value is -0.0400. The molecule has 0 amide bonds. The molecule has 0 bridgehead atoms. The highest BCUT2D eigenvalue weighted by Crippen LogP contribution is 2.48.